The average molecular weight is 247 g/mol. The second-order valence-corrected chi connectivity index (χ2v) is 3.69. The van der Waals surface area contributed by atoms with Crippen LogP contribution >= 0.6 is 0 Å². The van der Waals surface area contributed by atoms with Crippen molar-refractivity contribution in [2.24, 2.45) is 0 Å². The fourth-order valence-corrected chi connectivity index (χ4v) is 1.44. The van der Waals surface area contributed by atoms with Crippen LogP contribution < -0.4 is 10.1 Å². The van der Waals surface area contributed by atoms with Gasteiger partial charge in [0.15, 0.2) is 0 Å². The van der Waals surface area contributed by atoms with Gasteiger partial charge in [-0.1, -0.05) is 13.3 Å². The molecule has 0 radical (unpaired) electrons. The molecule has 0 aromatic heterocycles. The molecule has 17 heavy (non-hydrogen) atoms. The number of halogens is 3. The Balaban J connectivity index is 2.95. The quantitative estimate of drug-likeness (QED) is 0.796. The van der Waals surface area contributed by atoms with Crippen molar-refractivity contribution in [1.82, 2.24) is 0 Å². The summed E-state index contributed by atoms with van der Waals surface area (Å²) in [4.78, 5) is 0. The molecule has 0 heterocycles. The zero-order valence-corrected chi connectivity index (χ0v) is 9.90. The van der Waals surface area contributed by atoms with Gasteiger partial charge in [-0.15, -0.1) is 0 Å². The predicted octanol–water partition coefficient (Wildman–Crippen LogP) is 3.93. The van der Waals surface area contributed by atoms with E-state index in [0.717, 1.165) is 18.9 Å². The Bertz CT molecular complexity index is 363. The second-order valence-electron chi connectivity index (χ2n) is 3.69. The molecule has 0 saturated carbocycles. The largest absolute Gasteiger partial charge is 0.497 e. The van der Waals surface area contributed by atoms with E-state index in [9.17, 15) is 13.2 Å². The summed E-state index contributed by atoms with van der Waals surface area (Å²) >= 11 is 0. The number of rotatable bonds is 5. The van der Waals surface area contributed by atoms with Crippen molar-refractivity contribution in [2.75, 3.05) is 19.0 Å². The zero-order valence-electron chi connectivity index (χ0n) is 9.90. The van der Waals surface area contributed by atoms with Gasteiger partial charge in [-0.05, 0) is 24.6 Å². The Kier molecular flexibility index (Phi) is 4.66. The lowest BCUT2D eigenvalue weighted by atomic mass is 10.1. The average Bonchev–Trinajstić information content (AvgIpc) is 2.28. The molecule has 0 aliphatic rings. The van der Waals surface area contributed by atoms with E-state index in [2.05, 4.69) is 5.32 Å². The molecular weight excluding hydrogens is 231 g/mol. The number of ether oxygens (including phenoxy) is 1. The minimum atomic E-state index is -4.37. The Labute approximate surface area is 98.8 Å². The summed E-state index contributed by atoms with van der Waals surface area (Å²) in [7, 11) is 1.35. The van der Waals surface area contributed by atoms with Crippen molar-refractivity contribution in [3.05, 3.63) is 23.8 Å². The molecule has 0 aliphatic carbocycles. The summed E-state index contributed by atoms with van der Waals surface area (Å²) in [5.41, 5.74) is -0.584. The van der Waals surface area contributed by atoms with Crippen molar-refractivity contribution >= 4 is 5.69 Å². The number of anilines is 1. The van der Waals surface area contributed by atoms with Gasteiger partial charge in [0.1, 0.15) is 5.75 Å². The number of alkyl halides is 3. The van der Waals surface area contributed by atoms with Gasteiger partial charge in [0.25, 0.3) is 0 Å². The van der Waals surface area contributed by atoms with Gasteiger partial charge in [0.2, 0.25) is 0 Å². The maximum absolute atomic E-state index is 12.8. The highest BCUT2D eigenvalue weighted by atomic mass is 19.4. The number of unbranched alkanes of at least 4 members (excludes halogenated alkanes) is 1. The molecule has 1 rings (SSSR count). The number of nitrogens with one attached hydrogen (secondary N) is 1. The van der Waals surface area contributed by atoms with E-state index in [1.165, 1.54) is 19.2 Å². The third-order valence-electron chi connectivity index (χ3n) is 2.38. The lowest BCUT2D eigenvalue weighted by Crippen LogP contribution is -2.11. The van der Waals surface area contributed by atoms with Crippen LogP contribution in [0.15, 0.2) is 18.2 Å². The Morgan fingerprint density at radius 3 is 2.53 bits per heavy atom. The molecule has 5 heteroatoms. The first-order chi connectivity index (χ1) is 7.99. The highest BCUT2D eigenvalue weighted by Gasteiger charge is 2.33. The number of methoxy groups -OCH3 is 1. The van der Waals surface area contributed by atoms with Crippen LogP contribution in [0, 0.1) is 0 Å². The van der Waals surface area contributed by atoms with Crippen LogP contribution in [0.1, 0.15) is 25.3 Å². The van der Waals surface area contributed by atoms with Crippen molar-refractivity contribution in [2.45, 2.75) is 25.9 Å². The van der Waals surface area contributed by atoms with E-state index in [0.29, 0.717) is 6.54 Å². The summed E-state index contributed by atoms with van der Waals surface area (Å²) in [5, 5.41) is 2.80. The van der Waals surface area contributed by atoms with Gasteiger partial charge in [0, 0.05) is 12.2 Å². The van der Waals surface area contributed by atoms with Gasteiger partial charge >= 0.3 is 6.18 Å². The van der Waals surface area contributed by atoms with Crippen LogP contribution in [-0.4, -0.2) is 13.7 Å². The zero-order chi connectivity index (χ0) is 12.9. The standard InChI is InChI=1S/C12H16F3NO/c1-3-4-7-16-11-6-5-9(17-2)8-10(11)12(13,14)15/h5-6,8,16H,3-4,7H2,1-2H3. The number of benzene rings is 1. The lowest BCUT2D eigenvalue weighted by Gasteiger charge is -2.15. The molecule has 0 spiro atoms. The topological polar surface area (TPSA) is 21.3 Å². The Morgan fingerprint density at radius 2 is 2.00 bits per heavy atom. The maximum atomic E-state index is 12.8. The van der Waals surface area contributed by atoms with Gasteiger partial charge in [0.05, 0.1) is 12.7 Å². The maximum Gasteiger partial charge on any atom is 0.418 e. The van der Waals surface area contributed by atoms with E-state index in [-0.39, 0.29) is 11.4 Å². The molecule has 0 amide bonds. The van der Waals surface area contributed by atoms with E-state index < -0.39 is 11.7 Å². The van der Waals surface area contributed by atoms with E-state index >= 15 is 0 Å². The number of hydrogen-bond donors (Lipinski definition) is 1. The van der Waals surface area contributed by atoms with Crippen LogP contribution in [0.25, 0.3) is 0 Å². The molecule has 0 saturated heterocycles. The first-order valence-corrected chi connectivity index (χ1v) is 5.48. The molecule has 2 nitrogen and oxygen atoms in total. The summed E-state index contributed by atoms with van der Waals surface area (Å²) in [6.07, 6.45) is -2.60. The molecule has 1 aromatic carbocycles. The lowest BCUT2D eigenvalue weighted by molar-refractivity contribution is -0.137. The first kappa shape index (κ1) is 13.7. The fourth-order valence-electron chi connectivity index (χ4n) is 1.44. The minimum absolute atomic E-state index is 0.103. The smallest absolute Gasteiger partial charge is 0.418 e. The van der Waals surface area contributed by atoms with Gasteiger partial charge in [-0.2, -0.15) is 13.2 Å². The molecule has 1 aromatic rings. The van der Waals surface area contributed by atoms with Crippen molar-refractivity contribution < 1.29 is 17.9 Å². The molecule has 0 aliphatic heterocycles. The third kappa shape index (κ3) is 3.84. The second kappa shape index (κ2) is 5.80. The normalized spacial score (nSPS) is 11.4. The van der Waals surface area contributed by atoms with E-state index in [1.54, 1.807) is 0 Å². The van der Waals surface area contributed by atoms with Gasteiger partial charge < -0.3 is 10.1 Å². The van der Waals surface area contributed by atoms with Crippen molar-refractivity contribution in [1.29, 1.82) is 0 Å². The molecule has 0 bridgehead atoms. The van der Waals surface area contributed by atoms with Crippen LogP contribution in [0.4, 0.5) is 18.9 Å². The first-order valence-electron chi connectivity index (χ1n) is 5.48. The Morgan fingerprint density at radius 1 is 1.29 bits per heavy atom. The highest BCUT2D eigenvalue weighted by molar-refractivity contribution is 5.55. The van der Waals surface area contributed by atoms with Crippen LogP contribution in [0.2, 0.25) is 0 Å². The van der Waals surface area contributed by atoms with Gasteiger partial charge in [-0.3, -0.25) is 0 Å². The molecule has 0 fully saturated rings. The van der Waals surface area contributed by atoms with Crippen molar-refractivity contribution in [3.8, 4) is 5.75 Å². The Hall–Kier alpha value is -1.39. The molecular formula is C12H16F3NO. The summed E-state index contributed by atoms with van der Waals surface area (Å²) < 4.78 is 43.1. The molecule has 96 valence electrons. The molecule has 0 unspecified atom stereocenters. The highest BCUT2D eigenvalue weighted by Crippen LogP contribution is 2.37. The SMILES string of the molecule is CCCCNc1ccc(OC)cc1C(F)(F)F. The third-order valence-corrected chi connectivity index (χ3v) is 2.38. The van der Waals surface area contributed by atoms with E-state index in [1.807, 2.05) is 6.92 Å². The van der Waals surface area contributed by atoms with Crippen molar-refractivity contribution in [3.63, 3.8) is 0 Å². The minimum Gasteiger partial charge on any atom is -0.497 e. The van der Waals surface area contributed by atoms with Crippen LogP contribution in [0.3, 0.4) is 0 Å². The van der Waals surface area contributed by atoms with Crippen LogP contribution in [-0.2, 0) is 6.18 Å². The number of hydrogen-bond acceptors (Lipinski definition) is 2. The van der Waals surface area contributed by atoms with Crippen LogP contribution in [0.5, 0.6) is 5.75 Å². The molecule has 1 N–H and O–H groups in total. The summed E-state index contributed by atoms with van der Waals surface area (Å²) in [6.45, 7) is 2.52. The summed E-state index contributed by atoms with van der Waals surface area (Å²) in [5.74, 6) is 0.207. The molecule has 0 atom stereocenters. The fraction of sp³-hybridized carbons (Fsp3) is 0.500. The van der Waals surface area contributed by atoms with E-state index in [4.69, 9.17) is 4.74 Å². The summed E-state index contributed by atoms with van der Waals surface area (Å²) in [6, 6.07) is 3.93. The monoisotopic (exact) mass is 247 g/mol. The van der Waals surface area contributed by atoms with Gasteiger partial charge in [-0.25, -0.2) is 0 Å². The predicted molar refractivity (Wildman–Crippen MR) is 61.4 cm³/mol.